The molecule has 1 amide bonds. The molecule has 166 valence electrons. The van der Waals surface area contributed by atoms with E-state index >= 15 is 0 Å². The Bertz CT molecular complexity index is 928. The SMILES string of the molecule is COc1ccc(CCC(=O)OCC(=O)c2ccc(NC(=O)C(C)(C)C)cc2)cc1OC. The lowest BCUT2D eigenvalue weighted by Gasteiger charge is -2.17. The maximum atomic E-state index is 12.3. The Hall–Kier alpha value is -3.35. The summed E-state index contributed by atoms with van der Waals surface area (Å²) in [5.74, 6) is 0.314. The summed E-state index contributed by atoms with van der Waals surface area (Å²) < 4.78 is 15.5. The predicted octanol–water partition coefficient (Wildman–Crippen LogP) is 4.05. The van der Waals surface area contributed by atoms with Gasteiger partial charge in [0.2, 0.25) is 5.91 Å². The first-order valence-electron chi connectivity index (χ1n) is 9.95. The van der Waals surface area contributed by atoms with Crippen molar-refractivity contribution in [2.24, 2.45) is 5.41 Å². The van der Waals surface area contributed by atoms with E-state index in [9.17, 15) is 14.4 Å². The average molecular weight is 427 g/mol. The van der Waals surface area contributed by atoms with E-state index in [1.807, 2.05) is 26.8 Å². The Kier molecular flexibility index (Phi) is 8.19. The van der Waals surface area contributed by atoms with Gasteiger partial charge in [0, 0.05) is 23.1 Å². The zero-order valence-electron chi connectivity index (χ0n) is 18.6. The Morgan fingerprint density at radius 2 is 1.55 bits per heavy atom. The third-order valence-corrected chi connectivity index (χ3v) is 4.58. The monoisotopic (exact) mass is 427 g/mol. The van der Waals surface area contributed by atoms with E-state index in [0.717, 1.165) is 5.56 Å². The van der Waals surface area contributed by atoms with Gasteiger partial charge in [0.05, 0.1) is 14.2 Å². The number of anilines is 1. The first-order chi connectivity index (χ1) is 14.6. The maximum absolute atomic E-state index is 12.3. The molecule has 1 N–H and O–H groups in total. The summed E-state index contributed by atoms with van der Waals surface area (Å²) in [5.41, 5.74) is 1.39. The third kappa shape index (κ3) is 7.13. The summed E-state index contributed by atoms with van der Waals surface area (Å²) in [7, 11) is 3.11. The number of hydrogen-bond acceptors (Lipinski definition) is 6. The summed E-state index contributed by atoms with van der Waals surface area (Å²) in [4.78, 5) is 36.3. The fourth-order valence-corrected chi connectivity index (χ4v) is 2.64. The predicted molar refractivity (Wildman–Crippen MR) is 118 cm³/mol. The number of carbonyl (C=O) groups excluding carboxylic acids is 3. The molecule has 2 aromatic carbocycles. The van der Waals surface area contributed by atoms with Crippen molar-refractivity contribution in [3.05, 3.63) is 53.6 Å². The number of carbonyl (C=O) groups is 3. The fourth-order valence-electron chi connectivity index (χ4n) is 2.64. The normalized spacial score (nSPS) is 10.9. The molecule has 0 fully saturated rings. The van der Waals surface area contributed by atoms with Crippen LogP contribution in [0.1, 0.15) is 43.1 Å². The van der Waals surface area contributed by atoms with Gasteiger partial charge in [-0.3, -0.25) is 14.4 Å². The molecule has 0 unspecified atom stereocenters. The highest BCUT2D eigenvalue weighted by Crippen LogP contribution is 2.28. The lowest BCUT2D eigenvalue weighted by Crippen LogP contribution is -2.27. The molecule has 0 aliphatic carbocycles. The lowest BCUT2D eigenvalue weighted by atomic mass is 9.95. The lowest BCUT2D eigenvalue weighted by molar-refractivity contribution is -0.142. The standard InChI is InChI=1S/C24H29NO6/c1-24(2,3)23(28)25-18-10-8-17(9-11-18)19(26)15-31-22(27)13-7-16-6-12-20(29-4)21(14-16)30-5/h6,8-12,14H,7,13,15H2,1-5H3,(H,25,28). The van der Waals surface area contributed by atoms with Crippen molar-refractivity contribution in [1.82, 2.24) is 0 Å². The Labute approximate surface area is 182 Å². The van der Waals surface area contributed by atoms with Gasteiger partial charge in [0.15, 0.2) is 23.9 Å². The highest BCUT2D eigenvalue weighted by Gasteiger charge is 2.21. The van der Waals surface area contributed by atoms with E-state index in [0.29, 0.717) is 29.2 Å². The minimum Gasteiger partial charge on any atom is -0.493 e. The number of aryl methyl sites for hydroxylation is 1. The summed E-state index contributed by atoms with van der Waals surface area (Å²) in [6, 6.07) is 11.9. The number of methoxy groups -OCH3 is 2. The first kappa shape index (κ1) is 23.9. The number of ether oxygens (including phenoxy) is 3. The minimum atomic E-state index is -0.514. The molecule has 7 nitrogen and oxygen atoms in total. The molecule has 0 aromatic heterocycles. The van der Waals surface area contributed by atoms with Crippen LogP contribution in [0.15, 0.2) is 42.5 Å². The van der Waals surface area contributed by atoms with Crippen LogP contribution in [0.25, 0.3) is 0 Å². The zero-order chi connectivity index (χ0) is 23.0. The second-order valence-electron chi connectivity index (χ2n) is 8.05. The van der Waals surface area contributed by atoms with Gasteiger partial charge >= 0.3 is 5.97 Å². The minimum absolute atomic E-state index is 0.116. The van der Waals surface area contributed by atoms with Crippen molar-refractivity contribution in [1.29, 1.82) is 0 Å². The maximum Gasteiger partial charge on any atom is 0.306 e. The van der Waals surface area contributed by atoms with Crippen LogP contribution < -0.4 is 14.8 Å². The number of amides is 1. The number of hydrogen-bond donors (Lipinski definition) is 1. The van der Waals surface area contributed by atoms with Crippen molar-refractivity contribution in [3.8, 4) is 11.5 Å². The highest BCUT2D eigenvalue weighted by molar-refractivity contribution is 5.99. The molecule has 0 saturated carbocycles. The number of nitrogens with one attached hydrogen (secondary N) is 1. The van der Waals surface area contributed by atoms with Gasteiger partial charge in [0.25, 0.3) is 0 Å². The number of ketones is 1. The molecular weight excluding hydrogens is 398 g/mol. The molecule has 0 atom stereocenters. The summed E-state index contributed by atoms with van der Waals surface area (Å²) in [6.07, 6.45) is 0.593. The van der Waals surface area contributed by atoms with E-state index in [2.05, 4.69) is 5.32 Å². The van der Waals surface area contributed by atoms with Crippen LogP contribution in [-0.4, -0.2) is 38.5 Å². The highest BCUT2D eigenvalue weighted by atomic mass is 16.5. The number of esters is 1. The van der Waals surface area contributed by atoms with Gasteiger partial charge in [0.1, 0.15) is 0 Å². The van der Waals surface area contributed by atoms with E-state index in [1.54, 1.807) is 50.6 Å². The van der Waals surface area contributed by atoms with Gasteiger partial charge in [-0.1, -0.05) is 26.8 Å². The van der Waals surface area contributed by atoms with Crippen LogP contribution in [0.5, 0.6) is 11.5 Å². The molecule has 0 aliphatic rings. The van der Waals surface area contributed by atoms with E-state index < -0.39 is 11.4 Å². The fraction of sp³-hybridized carbons (Fsp3) is 0.375. The number of Topliss-reactive ketones (excluding diaryl/α,β-unsaturated/α-hetero) is 1. The second-order valence-corrected chi connectivity index (χ2v) is 8.05. The summed E-state index contributed by atoms with van der Waals surface area (Å²) >= 11 is 0. The van der Waals surface area contributed by atoms with E-state index in [-0.39, 0.29) is 24.7 Å². The Morgan fingerprint density at radius 3 is 2.13 bits per heavy atom. The molecule has 2 aromatic rings. The molecular formula is C24H29NO6. The van der Waals surface area contributed by atoms with Gasteiger partial charge in [-0.05, 0) is 48.4 Å². The zero-order valence-corrected chi connectivity index (χ0v) is 18.6. The molecule has 0 bridgehead atoms. The van der Waals surface area contributed by atoms with Crippen LogP contribution in [0.3, 0.4) is 0 Å². The molecule has 0 heterocycles. The third-order valence-electron chi connectivity index (χ3n) is 4.58. The second kappa shape index (κ2) is 10.6. The summed E-state index contributed by atoms with van der Waals surface area (Å²) in [6.45, 7) is 5.12. The van der Waals surface area contributed by atoms with E-state index in [1.165, 1.54) is 0 Å². The van der Waals surface area contributed by atoms with Gasteiger partial charge in [-0.2, -0.15) is 0 Å². The van der Waals surface area contributed by atoms with Crippen LogP contribution in [0, 0.1) is 5.41 Å². The van der Waals surface area contributed by atoms with Crippen LogP contribution in [0.4, 0.5) is 5.69 Å². The topological polar surface area (TPSA) is 90.9 Å². The molecule has 2 rings (SSSR count). The first-order valence-corrected chi connectivity index (χ1v) is 9.95. The van der Waals surface area contributed by atoms with Crippen molar-refractivity contribution in [2.45, 2.75) is 33.6 Å². The molecule has 0 radical (unpaired) electrons. The number of rotatable bonds is 9. The van der Waals surface area contributed by atoms with Gasteiger partial charge in [-0.15, -0.1) is 0 Å². The van der Waals surface area contributed by atoms with Gasteiger partial charge in [-0.25, -0.2) is 0 Å². The van der Waals surface area contributed by atoms with Gasteiger partial charge < -0.3 is 19.5 Å². The van der Waals surface area contributed by atoms with E-state index in [4.69, 9.17) is 14.2 Å². The largest absolute Gasteiger partial charge is 0.493 e. The number of benzene rings is 2. The van der Waals surface area contributed by atoms with Crippen molar-refractivity contribution in [3.63, 3.8) is 0 Å². The molecule has 0 aliphatic heterocycles. The molecule has 0 saturated heterocycles. The van der Waals surface area contributed by atoms with Crippen LogP contribution in [0.2, 0.25) is 0 Å². The Morgan fingerprint density at radius 1 is 0.903 bits per heavy atom. The van der Waals surface area contributed by atoms with Crippen molar-refractivity contribution < 1.29 is 28.6 Å². The van der Waals surface area contributed by atoms with Crippen LogP contribution in [-0.2, 0) is 20.7 Å². The van der Waals surface area contributed by atoms with Crippen molar-refractivity contribution in [2.75, 3.05) is 26.1 Å². The molecule has 31 heavy (non-hydrogen) atoms. The quantitative estimate of drug-likeness (QED) is 0.480. The Balaban J connectivity index is 1.82. The average Bonchev–Trinajstić information content (AvgIpc) is 2.75. The van der Waals surface area contributed by atoms with Crippen LogP contribution >= 0.6 is 0 Å². The molecule has 7 heteroatoms. The summed E-state index contributed by atoms with van der Waals surface area (Å²) in [5, 5.41) is 2.79. The molecule has 0 spiro atoms. The van der Waals surface area contributed by atoms with Crippen molar-refractivity contribution >= 4 is 23.3 Å². The smallest absolute Gasteiger partial charge is 0.306 e.